The number of rotatable bonds is 3. The van der Waals surface area contributed by atoms with Crippen LogP contribution in [0.15, 0.2) is 48.8 Å². The van der Waals surface area contributed by atoms with Crippen molar-refractivity contribution in [1.29, 1.82) is 0 Å². The van der Waals surface area contributed by atoms with Crippen molar-refractivity contribution in [3.8, 4) is 11.4 Å². The van der Waals surface area contributed by atoms with Gasteiger partial charge in [-0.2, -0.15) is 0 Å². The molecule has 27 heavy (non-hydrogen) atoms. The summed E-state index contributed by atoms with van der Waals surface area (Å²) in [6, 6.07) is 9.80. The molecule has 1 saturated heterocycles. The maximum Gasteiger partial charge on any atom is 0.274 e. The van der Waals surface area contributed by atoms with Crippen molar-refractivity contribution in [3.63, 3.8) is 0 Å². The molecule has 3 heterocycles. The molecule has 0 bridgehead atoms. The molecule has 138 valence electrons. The van der Waals surface area contributed by atoms with Crippen molar-refractivity contribution in [3.05, 3.63) is 71.6 Å². The van der Waals surface area contributed by atoms with E-state index in [9.17, 15) is 9.18 Å². The number of hydrogen-bond donors (Lipinski definition) is 1. The number of hydrogen-bond acceptors (Lipinski definition) is 4. The van der Waals surface area contributed by atoms with Gasteiger partial charge in [0.15, 0.2) is 0 Å². The van der Waals surface area contributed by atoms with Gasteiger partial charge in [-0.15, -0.1) is 0 Å². The van der Waals surface area contributed by atoms with E-state index in [1.807, 2.05) is 19.1 Å². The average molecular weight is 366 g/mol. The molecule has 1 aliphatic heterocycles. The average Bonchev–Trinajstić information content (AvgIpc) is 3.10. The van der Waals surface area contributed by atoms with E-state index >= 15 is 0 Å². The molecule has 0 radical (unpaired) electrons. The van der Waals surface area contributed by atoms with Crippen LogP contribution in [0, 0.1) is 12.7 Å². The lowest BCUT2D eigenvalue weighted by molar-refractivity contribution is -0.0231. The molecule has 1 fully saturated rings. The fraction of sp³-hybridized carbons (Fsp3) is 0.250. The Kier molecular flexibility index (Phi) is 4.68. The second kappa shape index (κ2) is 7.28. The van der Waals surface area contributed by atoms with Gasteiger partial charge in [0, 0.05) is 35.8 Å². The maximum atomic E-state index is 13.1. The van der Waals surface area contributed by atoms with Gasteiger partial charge in [-0.25, -0.2) is 9.37 Å². The first-order valence-corrected chi connectivity index (χ1v) is 8.75. The van der Waals surface area contributed by atoms with Crippen LogP contribution in [0.5, 0.6) is 0 Å². The Bertz CT molecular complexity index is 940. The highest BCUT2D eigenvalue weighted by atomic mass is 19.1. The van der Waals surface area contributed by atoms with Crippen molar-refractivity contribution >= 4 is 5.91 Å². The van der Waals surface area contributed by atoms with Crippen LogP contribution in [-0.2, 0) is 4.74 Å². The molecule has 1 unspecified atom stereocenters. The number of carbonyl (C=O) groups excluding carboxylic acids is 1. The first-order chi connectivity index (χ1) is 13.1. The molecule has 6 nitrogen and oxygen atoms in total. The molecule has 1 N–H and O–H groups in total. The molecular formula is C20H19FN4O2. The number of benzene rings is 1. The van der Waals surface area contributed by atoms with Gasteiger partial charge in [0.2, 0.25) is 0 Å². The topological polar surface area (TPSA) is 71.1 Å². The van der Waals surface area contributed by atoms with E-state index < -0.39 is 0 Å². The van der Waals surface area contributed by atoms with Crippen LogP contribution >= 0.6 is 0 Å². The Hall–Kier alpha value is -3.06. The van der Waals surface area contributed by atoms with E-state index in [4.69, 9.17) is 4.74 Å². The van der Waals surface area contributed by atoms with E-state index in [1.165, 1.54) is 12.1 Å². The van der Waals surface area contributed by atoms with E-state index in [0.717, 1.165) is 11.1 Å². The Morgan fingerprint density at radius 1 is 1.30 bits per heavy atom. The van der Waals surface area contributed by atoms with Crippen molar-refractivity contribution in [1.82, 2.24) is 19.9 Å². The number of pyridine rings is 1. The van der Waals surface area contributed by atoms with E-state index in [0.29, 0.717) is 36.9 Å². The third kappa shape index (κ3) is 3.59. The zero-order valence-corrected chi connectivity index (χ0v) is 14.9. The Morgan fingerprint density at radius 2 is 2.11 bits per heavy atom. The highest BCUT2D eigenvalue weighted by Gasteiger charge is 2.28. The van der Waals surface area contributed by atoms with Crippen molar-refractivity contribution in [2.24, 2.45) is 0 Å². The first kappa shape index (κ1) is 17.4. The lowest BCUT2D eigenvalue weighted by Crippen LogP contribution is -2.42. The Morgan fingerprint density at radius 3 is 2.85 bits per heavy atom. The number of aryl methyl sites for hydroxylation is 1. The number of ether oxygens (including phenoxy) is 1. The number of nitrogens with one attached hydrogen (secondary N) is 1. The summed E-state index contributed by atoms with van der Waals surface area (Å²) in [7, 11) is 0. The van der Waals surface area contributed by atoms with Crippen LogP contribution in [-0.4, -0.2) is 45.5 Å². The Balaban J connectivity index is 1.55. The molecule has 4 rings (SSSR count). The number of amides is 1. The van der Waals surface area contributed by atoms with Crippen molar-refractivity contribution in [2.75, 3.05) is 19.7 Å². The smallest absolute Gasteiger partial charge is 0.274 e. The lowest BCUT2D eigenvalue weighted by Gasteiger charge is -2.32. The van der Waals surface area contributed by atoms with Gasteiger partial charge in [0.1, 0.15) is 23.4 Å². The normalized spacial score (nSPS) is 17.1. The predicted molar refractivity (Wildman–Crippen MR) is 97.6 cm³/mol. The molecule has 0 aliphatic carbocycles. The largest absolute Gasteiger partial charge is 0.370 e. The number of aromatic nitrogens is 3. The van der Waals surface area contributed by atoms with E-state index in [-0.39, 0.29) is 17.8 Å². The second-order valence-electron chi connectivity index (χ2n) is 6.46. The molecule has 7 heteroatoms. The number of aromatic amines is 1. The number of imidazole rings is 1. The fourth-order valence-electron chi connectivity index (χ4n) is 3.16. The lowest BCUT2D eigenvalue weighted by atomic mass is 10.1. The van der Waals surface area contributed by atoms with Gasteiger partial charge in [0.25, 0.3) is 5.91 Å². The minimum atomic E-state index is -0.312. The van der Waals surface area contributed by atoms with Gasteiger partial charge in [-0.05, 0) is 37.3 Å². The van der Waals surface area contributed by atoms with Gasteiger partial charge >= 0.3 is 0 Å². The molecule has 3 aromatic rings. The Labute approximate surface area is 156 Å². The van der Waals surface area contributed by atoms with E-state index in [1.54, 1.807) is 29.4 Å². The maximum absolute atomic E-state index is 13.1. The minimum Gasteiger partial charge on any atom is -0.370 e. The molecule has 1 aromatic carbocycles. The van der Waals surface area contributed by atoms with Crippen LogP contribution in [0.3, 0.4) is 0 Å². The number of nitrogens with zero attached hydrogens (tertiary/aromatic N) is 3. The van der Waals surface area contributed by atoms with Gasteiger partial charge in [0.05, 0.1) is 13.2 Å². The monoisotopic (exact) mass is 366 g/mol. The van der Waals surface area contributed by atoms with Crippen LogP contribution < -0.4 is 0 Å². The van der Waals surface area contributed by atoms with Gasteiger partial charge < -0.3 is 14.6 Å². The SMILES string of the molecule is Cc1[nH]c(-c2ccc(F)cc2)nc1C(=O)N1CCOC(c2cccnc2)C1. The molecule has 2 aromatic heterocycles. The van der Waals surface area contributed by atoms with Gasteiger partial charge in [-0.1, -0.05) is 6.07 Å². The molecule has 0 saturated carbocycles. The van der Waals surface area contributed by atoms with Crippen LogP contribution in [0.4, 0.5) is 4.39 Å². The van der Waals surface area contributed by atoms with Gasteiger partial charge in [-0.3, -0.25) is 9.78 Å². The summed E-state index contributed by atoms with van der Waals surface area (Å²) in [5.74, 6) is 0.0929. The molecule has 1 aliphatic rings. The molecule has 1 atom stereocenters. The highest BCUT2D eigenvalue weighted by Crippen LogP contribution is 2.24. The minimum absolute atomic E-state index is 0.144. The third-order valence-electron chi connectivity index (χ3n) is 4.61. The van der Waals surface area contributed by atoms with Crippen LogP contribution in [0.25, 0.3) is 11.4 Å². The summed E-state index contributed by atoms with van der Waals surface area (Å²) >= 11 is 0. The summed E-state index contributed by atoms with van der Waals surface area (Å²) in [4.78, 5) is 26.5. The van der Waals surface area contributed by atoms with Crippen LogP contribution in [0.2, 0.25) is 0 Å². The summed E-state index contributed by atoms with van der Waals surface area (Å²) < 4.78 is 18.9. The molecule has 1 amide bonds. The van der Waals surface area contributed by atoms with E-state index in [2.05, 4.69) is 15.0 Å². The fourth-order valence-corrected chi connectivity index (χ4v) is 3.16. The predicted octanol–water partition coefficient (Wildman–Crippen LogP) is 3.13. The quantitative estimate of drug-likeness (QED) is 0.773. The second-order valence-corrected chi connectivity index (χ2v) is 6.46. The molecule has 0 spiro atoms. The number of H-pyrrole nitrogens is 1. The number of halogens is 1. The van der Waals surface area contributed by atoms with Crippen molar-refractivity contribution < 1.29 is 13.9 Å². The summed E-state index contributed by atoms with van der Waals surface area (Å²) in [5.41, 5.74) is 2.74. The summed E-state index contributed by atoms with van der Waals surface area (Å²) in [5, 5.41) is 0. The summed E-state index contributed by atoms with van der Waals surface area (Å²) in [6.07, 6.45) is 3.26. The van der Waals surface area contributed by atoms with Crippen molar-refractivity contribution in [2.45, 2.75) is 13.0 Å². The standard InChI is InChI=1S/C20H19FN4O2/c1-13-18(24-19(23-13)14-4-6-16(21)7-5-14)20(26)25-9-10-27-17(12-25)15-3-2-8-22-11-15/h2-8,11,17H,9-10,12H2,1H3,(H,23,24). The number of carbonyl (C=O) groups is 1. The summed E-state index contributed by atoms with van der Waals surface area (Å²) in [6.45, 7) is 3.22. The highest BCUT2D eigenvalue weighted by molar-refractivity contribution is 5.94. The zero-order chi connectivity index (χ0) is 18.8. The number of morpholine rings is 1. The third-order valence-corrected chi connectivity index (χ3v) is 4.61. The zero-order valence-electron chi connectivity index (χ0n) is 14.9. The van der Waals surface area contributed by atoms with Crippen LogP contribution in [0.1, 0.15) is 27.8 Å². The first-order valence-electron chi connectivity index (χ1n) is 8.75. The molecular weight excluding hydrogens is 347 g/mol.